The Morgan fingerprint density at radius 2 is 1.79 bits per heavy atom. The lowest BCUT2D eigenvalue weighted by Gasteiger charge is -2.30. The second kappa shape index (κ2) is 7.03. The zero-order chi connectivity index (χ0) is 17.1. The van der Waals surface area contributed by atoms with Crippen LogP contribution in [0.4, 0.5) is 0 Å². The summed E-state index contributed by atoms with van der Waals surface area (Å²) in [5.74, 6) is -1.15. The van der Waals surface area contributed by atoms with Gasteiger partial charge in [0.25, 0.3) is 5.91 Å². The van der Waals surface area contributed by atoms with E-state index in [1.54, 1.807) is 17.0 Å². The molecule has 0 spiro atoms. The van der Waals surface area contributed by atoms with Crippen LogP contribution in [0, 0.1) is 11.8 Å². The van der Waals surface area contributed by atoms with Gasteiger partial charge in [0.2, 0.25) is 5.91 Å². The van der Waals surface area contributed by atoms with Crippen LogP contribution >= 0.6 is 0 Å². The summed E-state index contributed by atoms with van der Waals surface area (Å²) in [6, 6.07) is 7.15. The Hall–Kier alpha value is -2.37. The van der Waals surface area contributed by atoms with Gasteiger partial charge >= 0.3 is 5.97 Å². The van der Waals surface area contributed by atoms with Crippen molar-refractivity contribution in [1.29, 1.82) is 0 Å². The normalized spacial score (nSPS) is 20.5. The van der Waals surface area contributed by atoms with Crippen LogP contribution in [-0.4, -0.2) is 40.9 Å². The maximum atomic E-state index is 12.5. The van der Waals surface area contributed by atoms with Crippen molar-refractivity contribution in [2.75, 3.05) is 13.1 Å². The summed E-state index contributed by atoms with van der Waals surface area (Å²) in [7, 11) is 0. The maximum Gasteiger partial charge on any atom is 0.308 e. The molecule has 6 nitrogen and oxygen atoms in total. The van der Waals surface area contributed by atoms with E-state index in [9.17, 15) is 14.4 Å². The Morgan fingerprint density at radius 1 is 1.08 bits per heavy atom. The number of hydrogen-bond acceptors (Lipinski definition) is 3. The number of likely N-dealkylation sites (tertiary alicyclic amines) is 1. The lowest BCUT2D eigenvalue weighted by molar-refractivity contribution is -0.143. The minimum Gasteiger partial charge on any atom is -0.481 e. The number of rotatable bonds is 5. The van der Waals surface area contributed by atoms with Crippen molar-refractivity contribution >= 4 is 17.8 Å². The molecule has 1 aliphatic heterocycles. The van der Waals surface area contributed by atoms with Crippen molar-refractivity contribution < 1.29 is 19.5 Å². The summed E-state index contributed by atoms with van der Waals surface area (Å²) < 4.78 is 0. The van der Waals surface area contributed by atoms with Crippen LogP contribution in [0.1, 0.15) is 41.6 Å². The third kappa shape index (κ3) is 3.93. The molecule has 2 amide bonds. The van der Waals surface area contributed by atoms with Gasteiger partial charge in [-0.1, -0.05) is 12.1 Å². The maximum absolute atomic E-state index is 12.5. The van der Waals surface area contributed by atoms with E-state index in [0.29, 0.717) is 31.5 Å². The number of carbonyl (C=O) groups is 3. The molecule has 0 aromatic heterocycles. The number of nitrogens with one attached hydrogen (secondary N) is 1. The largest absolute Gasteiger partial charge is 0.481 e. The third-order valence-corrected chi connectivity index (χ3v) is 4.67. The summed E-state index contributed by atoms with van der Waals surface area (Å²) in [5.41, 5.74) is 1.50. The predicted molar refractivity (Wildman–Crippen MR) is 87.3 cm³/mol. The Morgan fingerprint density at radius 3 is 2.42 bits per heavy atom. The molecule has 1 saturated heterocycles. The average molecular weight is 330 g/mol. The Labute approximate surface area is 140 Å². The number of aliphatic carboxylic acids is 1. The van der Waals surface area contributed by atoms with Crippen molar-refractivity contribution in [2.45, 2.75) is 32.2 Å². The quantitative estimate of drug-likeness (QED) is 0.859. The number of carbonyl (C=O) groups excluding carboxylic acids is 2. The van der Waals surface area contributed by atoms with Crippen LogP contribution in [0.5, 0.6) is 0 Å². The molecule has 0 bridgehead atoms. The zero-order valence-corrected chi connectivity index (χ0v) is 13.5. The molecular weight excluding hydrogens is 308 g/mol. The van der Waals surface area contributed by atoms with Gasteiger partial charge in [-0.05, 0) is 43.4 Å². The molecule has 0 radical (unpaired) electrons. The highest BCUT2D eigenvalue weighted by molar-refractivity contribution is 5.94. The molecule has 2 fully saturated rings. The van der Waals surface area contributed by atoms with Crippen molar-refractivity contribution in [3.05, 3.63) is 35.4 Å². The molecule has 1 aromatic rings. The van der Waals surface area contributed by atoms with E-state index in [-0.39, 0.29) is 24.3 Å². The number of piperidine rings is 1. The van der Waals surface area contributed by atoms with Crippen LogP contribution in [-0.2, 0) is 16.1 Å². The van der Waals surface area contributed by atoms with Crippen LogP contribution < -0.4 is 5.32 Å². The molecule has 1 heterocycles. The van der Waals surface area contributed by atoms with E-state index in [4.69, 9.17) is 5.11 Å². The molecule has 1 aliphatic carbocycles. The lowest BCUT2D eigenvalue weighted by atomic mass is 9.97. The summed E-state index contributed by atoms with van der Waals surface area (Å²) >= 11 is 0. The SMILES string of the molecule is O=C(O)C1CCCN(C(=O)c2ccc(CNC(=O)C3CC3)cc2)C1. The molecule has 2 N–H and O–H groups in total. The second-order valence-corrected chi connectivity index (χ2v) is 6.62. The van der Waals surface area contributed by atoms with E-state index in [2.05, 4.69) is 5.32 Å². The minimum absolute atomic E-state index is 0.100. The Bertz CT molecular complexity index is 637. The fourth-order valence-corrected chi connectivity index (χ4v) is 2.99. The Kier molecular flexibility index (Phi) is 4.83. The van der Waals surface area contributed by atoms with Gasteiger partial charge in [0.15, 0.2) is 0 Å². The first-order valence-electron chi connectivity index (χ1n) is 8.43. The molecule has 128 valence electrons. The van der Waals surface area contributed by atoms with Crippen molar-refractivity contribution in [3.8, 4) is 0 Å². The molecular formula is C18H22N2O4. The topological polar surface area (TPSA) is 86.7 Å². The lowest BCUT2D eigenvalue weighted by Crippen LogP contribution is -2.42. The van der Waals surface area contributed by atoms with Crippen LogP contribution in [0.15, 0.2) is 24.3 Å². The first-order valence-corrected chi connectivity index (χ1v) is 8.43. The van der Waals surface area contributed by atoms with E-state index in [1.165, 1.54) is 0 Å². The van der Waals surface area contributed by atoms with Gasteiger partial charge in [0, 0.05) is 31.1 Å². The molecule has 1 unspecified atom stereocenters. The van der Waals surface area contributed by atoms with Gasteiger partial charge in [-0.3, -0.25) is 14.4 Å². The predicted octanol–water partition coefficient (Wildman–Crippen LogP) is 1.65. The van der Waals surface area contributed by atoms with E-state index >= 15 is 0 Å². The van der Waals surface area contributed by atoms with Crippen LogP contribution in [0.25, 0.3) is 0 Å². The second-order valence-electron chi connectivity index (χ2n) is 6.62. The van der Waals surface area contributed by atoms with Crippen molar-refractivity contribution in [1.82, 2.24) is 10.2 Å². The molecule has 1 saturated carbocycles. The number of carboxylic acids is 1. The van der Waals surface area contributed by atoms with Gasteiger partial charge < -0.3 is 15.3 Å². The van der Waals surface area contributed by atoms with Gasteiger partial charge in [-0.15, -0.1) is 0 Å². The highest BCUT2D eigenvalue weighted by atomic mass is 16.4. The smallest absolute Gasteiger partial charge is 0.308 e. The molecule has 2 aliphatic rings. The minimum atomic E-state index is -0.839. The third-order valence-electron chi connectivity index (χ3n) is 4.67. The Balaban J connectivity index is 1.56. The summed E-state index contributed by atoms with van der Waals surface area (Å²) in [4.78, 5) is 36.9. The molecule has 3 rings (SSSR count). The van der Waals surface area contributed by atoms with E-state index < -0.39 is 11.9 Å². The number of benzene rings is 1. The molecule has 1 aromatic carbocycles. The van der Waals surface area contributed by atoms with E-state index in [0.717, 1.165) is 18.4 Å². The first kappa shape index (κ1) is 16.5. The number of hydrogen-bond donors (Lipinski definition) is 2. The highest BCUT2D eigenvalue weighted by Crippen LogP contribution is 2.28. The highest BCUT2D eigenvalue weighted by Gasteiger charge is 2.29. The fourth-order valence-electron chi connectivity index (χ4n) is 2.99. The molecule has 24 heavy (non-hydrogen) atoms. The van der Waals surface area contributed by atoms with Crippen LogP contribution in [0.2, 0.25) is 0 Å². The van der Waals surface area contributed by atoms with Crippen LogP contribution in [0.3, 0.4) is 0 Å². The monoisotopic (exact) mass is 330 g/mol. The summed E-state index contributed by atoms with van der Waals surface area (Å²) in [5, 5.41) is 12.0. The number of carboxylic acid groups (broad SMARTS) is 1. The first-order chi connectivity index (χ1) is 11.5. The van der Waals surface area contributed by atoms with Gasteiger partial charge in [-0.2, -0.15) is 0 Å². The number of amides is 2. The standard InChI is InChI=1S/C18H22N2O4/c21-16(13-7-8-13)19-10-12-3-5-14(6-4-12)17(22)20-9-1-2-15(11-20)18(23)24/h3-6,13,15H,1-2,7-11H2,(H,19,21)(H,23,24). The fraction of sp³-hybridized carbons (Fsp3) is 0.500. The average Bonchev–Trinajstić information content (AvgIpc) is 3.45. The van der Waals surface area contributed by atoms with Gasteiger partial charge in [0.05, 0.1) is 5.92 Å². The number of nitrogens with zero attached hydrogens (tertiary/aromatic N) is 1. The molecule has 6 heteroatoms. The van der Waals surface area contributed by atoms with Crippen molar-refractivity contribution in [3.63, 3.8) is 0 Å². The van der Waals surface area contributed by atoms with Gasteiger partial charge in [0.1, 0.15) is 0 Å². The zero-order valence-electron chi connectivity index (χ0n) is 13.5. The summed E-state index contributed by atoms with van der Waals surface area (Å²) in [6.45, 7) is 1.34. The van der Waals surface area contributed by atoms with E-state index in [1.807, 2.05) is 12.1 Å². The van der Waals surface area contributed by atoms with Gasteiger partial charge in [-0.25, -0.2) is 0 Å². The molecule has 1 atom stereocenters. The van der Waals surface area contributed by atoms with Crippen molar-refractivity contribution in [2.24, 2.45) is 11.8 Å². The summed E-state index contributed by atoms with van der Waals surface area (Å²) in [6.07, 6.45) is 3.30.